The molecule has 0 radical (unpaired) electrons. The van der Waals surface area contributed by atoms with Gasteiger partial charge in [-0.25, -0.2) is 4.79 Å². The molecule has 0 aliphatic carbocycles. The van der Waals surface area contributed by atoms with E-state index >= 15 is 0 Å². The Balaban J connectivity index is 1.56. The molecule has 0 atom stereocenters. The van der Waals surface area contributed by atoms with E-state index in [9.17, 15) is 14.4 Å². The number of halogens is 1. The molecular weight excluding hydrogens is 430 g/mol. The molecule has 1 fully saturated rings. The van der Waals surface area contributed by atoms with Crippen molar-refractivity contribution >= 4 is 46.6 Å². The van der Waals surface area contributed by atoms with Gasteiger partial charge < -0.3 is 14.2 Å². The van der Waals surface area contributed by atoms with Crippen LogP contribution in [0.4, 0.5) is 4.79 Å². The first-order valence-electron chi connectivity index (χ1n) is 8.89. The summed E-state index contributed by atoms with van der Waals surface area (Å²) in [4.78, 5) is 37.3. The molecule has 9 heteroatoms. The topological polar surface area (TPSA) is 82.1 Å². The number of benzene rings is 2. The van der Waals surface area contributed by atoms with Crippen molar-refractivity contribution in [1.82, 2.24) is 4.90 Å². The number of nitrogens with zero attached hydrogens (tertiary/aromatic N) is 1. The van der Waals surface area contributed by atoms with E-state index in [1.54, 1.807) is 54.6 Å². The Kier molecular flexibility index (Phi) is 7.37. The highest BCUT2D eigenvalue weighted by molar-refractivity contribution is 8.18. The van der Waals surface area contributed by atoms with Gasteiger partial charge in [0.05, 0.1) is 18.6 Å². The van der Waals surface area contributed by atoms with Gasteiger partial charge in [-0.05, 0) is 59.8 Å². The van der Waals surface area contributed by atoms with Gasteiger partial charge in [0.25, 0.3) is 11.1 Å². The third kappa shape index (κ3) is 5.77. The molecule has 0 aromatic heterocycles. The van der Waals surface area contributed by atoms with Gasteiger partial charge >= 0.3 is 5.97 Å². The Morgan fingerprint density at radius 1 is 1.03 bits per heavy atom. The fourth-order valence-corrected chi connectivity index (χ4v) is 3.48. The van der Waals surface area contributed by atoms with E-state index in [-0.39, 0.29) is 30.9 Å². The molecule has 156 valence electrons. The Hall–Kier alpha value is -2.97. The second kappa shape index (κ2) is 10.2. The fraction of sp³-hybridized carbons (Fsp3) is 0.190. The number of esters is 1. The maximum atomic E-state index is 12.6. The van der Waals surface area contributed by atoms with Crippen LogP contribution in [0.25, 0.3) is 6.08 Å². The molecule has 0 saturated carbocycles. The predicted molar refractivity (Wildman–Crippen MR) is 114 cm³/mol. The summed E-state index contributed by atoms with van der Waals surface area (Å²) in [5, 5.41) is 0.255. The number of ether oxygens (including phenoxy) is 3. The number of amides is 2. The summed E-state index contributed by atoms with van der Waals surface area (Å²) in [6.45, 7) is 0.136. The molecule has 0 bridgehead atoms. The van der Waals surface area contributed by atoms with E-state index in [2.05, 4.69) is 4.74 Å². The molecule has 30 heavy (non-hydrogen) atoms. The van der Waals surface area contributed by atoms with Gasteiger partial charge in [0.15, 0.2) is 6.61 Å². The zero-order valence-electron chi connectivity index (χ0n) is 16.0. The van der Waals surface area contributed by atoms with E-state index in [4.69, 9.17) is 21.1 Å². The van der Waals surface area contributed by atoms with Crippen LogP contribution in [-0.2, 0) is 14.3 Å². The van der Waals surface area contributed by atoms with Gasteiger partial charge in [-0.3, -0.25) is 14.5 Å². The SMILES string of the molecule is COC(=O)COc1ccc(/C=C2\SC(=O)N(CCOc3ccc(Cl)cc3)C2=O)cc1. The number of hydrogen-bond acceptors (Lipinski definition) is 7. The van der Waals surface area contributed by atoms with Crippen molar-refractivity contribution in [3.63, 3.8) is 0 Å². The predicted octanol–water partition coefficient (Wildman–Crippen LogP) is 4.01. The van der Waals surface area contributed by atoms with Gasteiger partial charge in [0, 0.05) is 5.02 Å². The van der Waals surface area contributed by atoms with E-state index in [1.807, 2.05) is 0 Å². The Labute approximate surface area is 182 Å². The average Bonchev–Trinajstić information content (AvgIpc) is 3.01. The summed E-state index contributed by atoms with van der Waals surface area (Å²) in [5.74, 6) is 0.255. The Morgan fingerprint density at radius 3 is 2.33 bits per heavy atom. The lowest BCUT2D eigenvalue weighted by Crippen LogP contribution is -2.32. The number of hydrogen-bond donors (Lipinski definition) is 0. The number of carbonyl (C=O) groups is 3. The summed E-state index contributed by atoms with van der Waals surface area (Å²) in [6, 6.07) is 13.6. The minimum Gasteiger partial charge on any atom is -0.492 e. The fourth-order valence-electron chi connectivity index (χ4n) is 2.49. The summed E-state index contributed by atoms with van der Waals surface area (Å²) >= 11 is 6.70. The maximum absolute atomic E-state index is 12.6. The molecule has 7 nitrogen and oxygen atoms in total. The Morgan fingerprint density at radius 2 is 1.67 bits per heavy atom. The van der Waals surface area contributed by atoms with Crippen LogP contribution in [0.15, 0.2) is 53.4 Å². The zero-order chi connectivity index (χ0) is 21.5. The Bertz CT molecular complexity index is 958. The normalized spacial score (nSPS) is 14.9. The van der Waals surface area contributed by atoms with E-state index in [0.717, 1.165) is 22.2 Å². The monoisotopic (exact) mass is 447 g/mol. The minimum atomic E-state index is -0.479. The van der Waals surface area contributed by atoms with Crippen molar-refractivity contribution in [2.24, 2.45) is 0 Å². The van der Waals surface area contributed by atoms with E-state index in [1.165, 1.54) is 7.11 Å². The largest absolute Gasteiger partial charge is 0.492 e. The second-order valence-electron chi connectivity index (χ2n) is 6.07. The third-order valence-electron chi connectivity index (χ3n) is 4.03. The van der Waals surface area contributed by atoms with Crippen LogP contribution in [0.2, 0.25) is 5.02 Å². The average molecular weight is 448 g/mol. The van der Waals surface area contributed by atoms with Crippen LogP contribution >= 0.6 is 23.4 Å². The summed E-state index contributed by atoms with van der Waals surface area (Å²) < 4.78 is 15.3. The quantitative estimate of drug-likeness (QED) is 0.446. The van der Waals surface area contributed by atoms with Crippen LogP contribution in [-0.4, -0.2) is 48.9 Å². The highest BCUT2D eigenvalue weighted by Crippen LogP contribution is 2.32. The maximum Gasteiger partial charge on any atom is 0.343 e. The summed E-state index contributed by atoms with van der Waals surface area (Å²) in [6.07, 6.45) is 1.63. The van der Waals surface area contributed by atoms with Gasteiger partial charge in [-0.15, -0.1) is 0 Å². The molecule has 1 aliphatic rings. The summed E-state index contributed by atoms with van der Waals surface area (Å²) in [5.41, 5.74) is 0.725. The second-order valence-corrected chi connectivity index (χ2v) is 7.50. The number of carbonyl (C=O) groups excluding carboxylic acids is 3. The van der Waals surface area contributed by atoms with Gasteiger partial charge in [-0.2, -0.15) is 0 Å². The minimum absolute atomic E-state index is 0.144. The molecule has 0 N–H and O–H groups in total. The lowest BCUT2D eigenvalue weighted by Gasteiger charge is -2.13. The third-order valence-corrected chi connectivity index (χ3v) is 5.19. The molecular formula is C21H18ClNO6S. The smallest absolute Gasteiger partial charge is 0.343 e. The molecule has 2 aromatic carbocycles. The first-order chi connectivity index (χ1) is 14.5. The molecule has 2 amide bonds. The number of thioether (sulfide) groups is 1. The lowest BCUT2D eigenvalue weighted by atomic mass is 10.2. The van der Waals surface area contributed by atoms with Crippen molar-refractivity contribution in [3.05, 3.63) is 64.0 Å². The van der Waals surface area contributed by atoms with Crippen LogP contribution in [0, 0.1) is 0 Å². The molecule has 0 spiro atoms. The number of methoxy groups -OCH3 is 1. The van der Waals surface area contributed by atoms with Crippen molar-refractivity contribution in [2.75, 3.05) is 26.9 Å². The molecule has 1 aliphatic heterocycles. The molecule has 1 saturated heterocycles. The molecule has 3 rings (SSSR count). The number of imide groups is 1. The standard InChI is InChI=1S/C21H18ClNO6S/c1-27-19(24)13-29-17-6-2-14(3-7-17)12-18-20(25)23(21(26)30-18)10-11-28-16-8-4-15(22)5-9-16/h2-9,12H,10-11,13H2,1H3/b18-12-. The first-order valence-corrected chi connectivity index (χ1v) is 10.1. The van der Waals surface area contributed by atoms with Crippen molar-refractivity contribution in [3.8, 4) is 11.5 Å². The van der Waals surface area contributed by atoms with E-state index in [0.29, 0.717) is 21.4 Å². The lowest BCUT2D eigenvalue weighted by molar-refractivity contribution is -0.142. The van der Waals surface area contributed by atoms with Crippen LogP contribution < -0.4 is 9.47 Å². The van der Waals surface area contributed by atoms with Crippen molar-refractivity contribution in [1.29, 1.82) is 0 Å². The van der Waals surface area contributed by atoms with Crippen molar-refractivity contribution < 1.29 is 28.6 Å². The highest BCUT2D eigenvalue weighted by atomic mass is 35.5. The van der Waals surface area contributed by atoms with Crippen molar-refractivity contribution in [2.45, 2.75) is 0 Å². The zero-order valence-corrected chi connectivity index (χ0v) is 17.6. The highest BCUT2D eigenvalue weighted by Gasteiger charge is 2.34. The van der Waals surface area contributed by atoms with Gasteiger partial charge in [-0.1, -0.05) is 23.7 Å². The number of rotatable bonds is 8. The van der Waals surface area contributed by atoms with Crippen LogP contribution in [0.3, 0.4) is 0 Å². The molecule has 0 unspecified atom stereocenters. The van der Waals surface area contributed by atoms with Gasteiger partial charge in [0.1, 0.15) is 18.1 Å². The summed E-state index contributed by atoms with van der Waals surface area (Å²) in [7, 11) is 1.28. The first kappa shape index (κ1) is 21.7. The van der Waals surface area contributed by atoms with Gasteiger partial charge in [0.2, 0.25) is 0 Å². The van der Waals surface area contributed by atoms with Crippen LogP contribution in [0.5, 0.6) is 11.5 Å². The molecule has 1 heterocycles. The van der Waals surface area contributed by atoms with E-state index < -0.39 is 5.97 Å². The molecule has 2 aromatic rings. The van der Waals surface area contributed by atoms with Crippen LogP contribution in [0.1, 0.15) is 5.56 Å².